The minimum atomic E-state index is 0.227. The molecule has 1 unspecified atom stereocenters. The van der Waals surface area contributed by atoms with Crippen molar-refractivity contribution < 1.29 is 4.74 Å². The van der Waals surface area contributed by atoms with Crippen molar-refractivity contribution in [1.82, 2.24) is 9.97 Å². The number of nitrogens with two attached hydrogens (primary N) is 1. The third kappa shape index (κ3) is 1.77. The number of ether oxygens (including phenoxy) is 1. The van der Waals surface area contributed by atoms with Crippen LogP contribution in [0.4, 0.5) is 11.6 Å². The quantitative estimate of drug-likeness (QED) is 0.695. The Bertz CT molecular complexity index is 317. The SMILES string of the molecule is CC1CN(c2nccnc2N)CCO1. The van der Waals surface area contributed by atoms with Crippen LogP contribution in [0.15, 0.2) is 12.4 Å². The number of nitrogens with zero attached hydrogens (tertiary/aromatic N) is 3. The molecule has 0 aliphatic carbocycles. The van der Waals surface area contributed by atoms with Gasteiger partial charge in [0.05, 0.1) is 12.7 Å². The third-order valence-corrected chi connectivity index (χ3v) is 2.25. The van der Waals surface area contributed by atoms with Gasteiger partial charge in [0.2, 0.25) is 0 Å². The predicted octanol–water partition coefficient (Wildman–Crippen LogP) is 0.284. The van der Waals surface area contributed by atoms with Gasteiger partial charge in [-0.2, -0.15) is 0 Å². The lowest BCUT2D eigenvalue weighted by Crippen LogP contribution is -2.41. The van der Waals surface area contributed by atoms with Crippen LogP contribution in [-0.2, 0) is 4.74 Å². The molecule has 14 heavy (non-hydrogen) atoms. The minimum Gasteiger partial charge on any atom is -0.381 e. The van der Waals surface area contributed by atoms with Gasteiger partial charge in [0.1, 0.15) is 0 Å². The molecule has 5 heteroatoms. The average molecular weight is 194 g/mol. The summed E-state index contributed by atoms with van der Waals surface area (Å²) in [6.07, 6.45) is 3.49. The number of aromatic nitrogens is 2. The van der Waals surface area contributed by atoms with Gasteiger partial charge in [0.15, 0.2) is 11.6 Å². The topological polar surface area (TPSA) is 64.3 Å². The number of hydrogen-bond donors (Lipinski definition) is 1. The van der Waals surface area contributed by atoms with Crippen LogP contribution in [0.1, 0.15) is 6.92 Å². The molecular weight excluding hydrogens is 180 g/mol. The van der Waals surface area contributed by atoms with E-state index in [-0.39, 0.29) is 6.10 Å². The maximum Gasteiger partial charge on any atom is 0.171 e. The van der Waals surface area contributed by atoms with Gasteiger partial charge in [0, 0.05) is 25.5 Å². The Morgan fingerprint density at radius 3 is 3.00 bits per heavy atom. The van der Waals surface area contributed by atoms with Crippen LogP contribution >= 0.6 is 0 Å². The summed E-state index contributed by atoms with van der Waals surface area (Å²) in [5, 5.41) is 0. The third-order valence-electron chi connectivity index (χ3n) is 2.25. The molecular formula is C9H14N4O. The standard InChI is InChI=1S/C9H14N4O/c1-7-6-13(4-5-14-7)9-8(10)11-2-3-12-9/h2-3,7H,4-6H2,1H3,(H2,10,11). The highest BCUT2D eigenvalue weighted by molar-refractivity contribution is 5.57. The molecule has 2 rings (SSSR count). The molecule has 1 aliphatic heterocycles. The fourth-order valence-corrected chi connectivity index (χ4v) is 1.60. The smallest absolute Gasteiger partial charge is 0.171 e. The maximum atomic E-state index is 5.74. The number of morpholine rings is 1. The minimum absolute atomic E-state index is 0.227. The molecule has 1 aromatic heterocycles. The summed E-state index contributed by atoms with van der Waals surface area (Å²) < 4.78 is 5.44. The second-order valence-electron chi connectivity index (χ2n) is 3.39. The summed E-state index contributed by atoms with van der Waals surface area (Å²) >= 11 is 0. The first-order valence-electron chi connectivity index (χ1n) is 4.70. The van der Waals surface area contributed by atoms with Gasteiger partial charge in [-0.05, 0) is 6.92 Å². The first kappa shape index (κ1) is 9.21. The van der Waals surface area contributed by atoms with Gasteiger partial charge >= 0.3 is 0 Å². The van der Waals surface area contributed by atoms with Crippen molar-refractivity contribution in [3.63, 3.8) is 0 Å². The number of rotatable bonds is 1. The Morgan fingerprint density at radius 1 is 1.50 bits per heavy atom. The Labute approximate surface area is 82.9 Å². The number of anilines is 2. The second-order valence-corrected chi connectivity index (χ2v) is 3.39. The normalized spacial score (nSPS) is 22.4. The molecule has 0 radical (unpaired) electrons. The summed E-state index contributed by atoms with van der Waals surface area (Å²) in [5.74, 6) is 1.25. The first-order chi connectivity index (χ1) is 6.77. The monoisotopic (exact) mass is 194 g/mol. The molecule has 0 bridgehead atoms. The van der Waals surface area contributed by atoms with Gasteiger partial charge in [-0.25, -0.2) is 9.97 Å². The van der Waals surface area contributed by atoms with Crippen molar-refractivity contribution in [3.8, 4) is 0 Å². The second kappa shape index (κ2) is 3.79. The Balaban J connectivity index is 2.18. The number of hydrogen-bond acceptors (Lipinski definition) is 5. The van der Waals surface area contributed by atoms with E-state index >= 15 is 0 Å². The lowest BCUT2D eigenvalue weighted by atomic mass is 10.3. The molecule has 1 fully saturated rings. The van der Waals surface area contributed by atoms with E-state index < -0.39 is 0 Å². The van der Waals surface area contributed by atoms with E-state index in [1.54, 1.807) is 12.4 Å². The first-order valence-corrected chi connectivity index (χ1v) is 4.70. The highest BCUT2D eigenvalue weighted by Crippen LogP contribution is 2.19. The van der Waals surface area contributed by atoms with Gasteiger partial charge in [-0.3, -0.25) is 0 Å². The van der Waals surface area contributed by atoms with Crippen LogP contribution in [0.2, 0.25) is 0 Å². The molecule has 2 N–H and O–H groups in total. The lowest BCUT2D eigenvalue weighted by molar-refractivity contribution is 0.0530. The molecule has 0 aromatic carbocycles. The fraction of sp³-hybridized carbons (Fsp3) is 0.556. The summed E-state index contributed by atoms with van der Waals surface area (Å²) in [6, 6.07) is 0. The van der Waals surface area contributed by atoms with Gasteiger partial charge in [-0.1, -0.05) is 0 Å². The summed E-state index contributed by atoms with van der Waals surface area (Å²) in [6.45, 7) is 4.41. The molecule has 0 amide bonds. The maximum absolute atomic E-state index is 5.74. The Kier molecular flexibility index (Phi) is 2.49. The van der Waals surface area contributed by atoms with E-state index in [9.17, 15) is 0 Å². The molecule has 1 aliphatic rings. The number of nitrogen functional groups attached to an aromatic ring is 1. The van der Waals surface area contributed by atoms with Crippen LogP contribution < -0.4 is 10.6 Å². The molecule has 0 saturated carbocycles. The predicted molar refractivity (Wildman–Crippen MR) is 54.1 cm³/mol. The van der Waals surface area contributed by atoms with Gasteiger partial charge in [-0.15, -0.1) is 0 Å². The summed E-state index contributed by atoms with van der Waals surface area (Å²) in [7, 11) is 0. The van der Waals surface area contributed by atoms with Crippen molar-refractivity contribution in [2.24, 2.45) is 0 Å². The van der Waals surface area contributed by atoms with Crippen molar-refractivity contribution in [2.45, 2.75) is 13.0 Å². The average Bonchev–Trinajstić information content (AvgIpc) is 2.18. The van der Waals surface area contributed by atoms with Crippen LogP contribution in [0.25, 0.3) is 0 Å². The van der Waals surface area contributed by atoms with Crippen LogP contribution in [0.3, 0.4) is 0 Å². The molecule has 76 valence electrons. The Hall–Kier alpha value is -1.36. The van der Waals surface area contributed by atoms with E-state index in [1.165, 1.54) is 0 Å². The summed E-state index contributed by atoms with van der Waals surface area (Å²) in [4.78, 5) is 10.3. The molecule has 0 spiro atoms. The summed E-state index contributed by atoms with van der Waals surface area (Å²) in [5.41, 5.74) is 5.74. The van der Waals surface area contributed by atoms with E-state index in [0.717, 1.165) is 25.5 Å². The zero-order valence-corrected chi connectivity index (χ0v) is 8.18. The van der Waals surface area contributed by atoms with Crippen molar-refractivity contribution >= 4 is 11.6 Å². The van der Waals surface area contributed by atoms with E-state index in [1.807, 2.05) is 6.92 Å². The molecule has 5 nitrogen and oxygen atoms in total. The Morgan fingerprint density at radius 2 is 2.29 bits per heavy atom. The largest absolute Gasteiger partial charge is 0.381 e. The highest BCUT2D eigenvalue weighted by atomic mass is 16.5. The highest BCUT2D eigenvalue weighted by Gasteiger charge is 2.19. The molecule has 1 aromatic rings. The van der Waals surface area contributed by atoms with Crippen molar-refractivity contribution in [2.75, 3.05) is 30.3 Å². The van der Waals surface area contributed by atoms with E-state index in [0.29, 0.717) is 5.82 Å². The lowest BCUT2D eigenvalue weighted by Gasteiger charge is -2.32. The fourth-order valence-electron chi connectivity index (χ4n) is 1.60. The van der Waals surface area contributed by atoms with Gasteiger partial charge in [0.25, 0.3) is 0 Å². The zero-order valence-electron chi connectivity index (χ0n) is 8.18. The van der Waals surface area contributed by atoms with Crippen LogP contribution in [-0.4, -0.2) is 35.8 Å². The van der Waals surface area contributed by atoms with E-state index in [4.69, 9.17) is 10.5 Å². The molecule has 2 heterocycles. The molecule has 1 atom stereocenters. The molecule has 1 saturated heterocycles. The van der Waals surface area contributed by atoms with E-state index in [2.05, 4.69) is 14.9 Å². The van der Waals surface area contributed by atoms with Crippen LogP contribution in [0, 0.1) is 0 Å². The van der Waals surface area contributed by atoms with Gasteiger partial charge < -0.3 is 15.4 Å². The van der Waals surface area contributed by atoms with Crippen LogP contribution in [0.5, 0.6) is 0 Å². The van der Waals surface area contributed by atoms with Crippen molar-refractivity contribution in [3.05, 3.63) is 12.4 Å². The zero-order chi connectivity index (χ0) is 9.97. The van der Waals surface area contributed by atoms with Crippen molar-refractivity contribution in [1.29, 1.82) is 0 Å².